The van der Waals surface area contributed by atoms with Crippen LogP contribution in [0.1, 0.15) is 50.3 Å². The average molecular weight is 439 g/mol. The SMILES string of the molecule is CCCCCOc1ccc(C2NC(=O)NC(c3ccc(OC)cc3)=C2C(=O)OCC)cc1. The molecule has 1 aliphatic rings. The van der Waals surface area contributed by atoms with E-state index >= 15 is 0 Å². The summed E-state index contributed by atoms with van der Waals surface area (Å²) in [5.74, 6) is 0.941. The van der Waals surface area contributed by atoms with Gasteiger partial charge in [0.1, 0.15) is 11.5 Å². The van der Waals surface area contributed by atoms with Crippen LogP contribution < -0.4 is 20.1 Å². The Hall–Kier alpha value is -3.48. The van der Waals surface area contributed by atoms with Crippen LogP contribution in [0.5, 0.6) is 11.5 Å². The van der Waals surface area contributed by atoms with Crippen LogP contribution in [0.4, 0.5) is 4.79 Å². The van der Waals surface area contributed by atoms with Gasteiger partial charge in [0.2, 0.25) is 0 Å². The Morgan fingerprint density at radius 2 is 1.66 bits per heavy atom. The number of benzene rings is 2. The van der Waals surface area contributed by atoms with Crippen molar-refractivity contribution < 1.29 is 23.8 Å². The number of carbonyl (C=O) groups excluding carboxylic acids is 2. The third-order valence-electron chi connectivity index (χ3n) is 5.18. The van der Waals surface area contributed by atoms with Crippen LogP contribution in [0.3, 0.4) is 0 Å². The summed E-state index contributed by atoms with van der Waals surface area (Å²) in [6.45, 7) is 4.79. The van der Waals surface area contributed by atoms with Crippen molar-refractivity contribution in [3.63, 3.8) is 0 Å². The van der Waals surface area contributed by atoms with E-state index in [0.29, 0.717) is 29.2 Å². The number of carbonyl (C=O) groups is 2. The predicted molar refractivity (Wildman–Crippen MR) is 122 cm³/mol. The highest BCUT2D eigenvalue weighted by molar-refractivity contribution is 6.04. The number of hydrogen-bond donors (Lipinski definition) is 2. The molecule has 3 rings (SSSR count). The van der Waals surface area contributed by atoms with Crippen LogP contribution in [0, 0.1) is 0 Å². The number of nitrogens with one attached hydrogen (secondary N) is 2. The topological polar surface area (TPSA) is 85.9 Å². The molecule has 0 saturated carbocycles. The van der Waals surface area contributed by atoms with Gasteiger partial charge in [-0.2, -0.15) is 0 Å². The van der Waals surface area contributed by atoms with Crippen molar-refractivity contribution in [3.8, 4) is 11.5 Å². The molecular weight excluding hydrogens is 408 g/mol. The number of esters is 1. The molecule has 1 aliphatic heterocycles. The quantitative estimate of drug-likeness (QED) is 0.419. The van der Waals surface area contributed by atoms with Crippen LogP contribution in [-0.4, -0.2) is 32.3 Å². The van der Waals surface area contributed by atoms with Crippen molar-refractivity contribution in [2.45, 2.75) is 39.2 Å². The van der Waals surface area contributed by atoms with Gasteiger partial charge in [-0.05, 0) is 60.9 Å². The van der Waals surface area contributed by atoms with E-state index in [4.69, 9.17) is 14.2 Å². The van der Waals surface area contributed by atoms with Gasteiger partial charge in [-0.1, -0.05) is 31.9 Å². The lowest BCUT2D eigenvalue weighted by atomic mass is 9.92. The molecule has 0 radical (unpaired) electrons. The molecule has 1 unspecified atom stereocenters. The zero-order chi connectivity index (χ0) is 22.9. The van der Waals surface area contributed by atoms with Crippen molar-refractivity contribution in [2.24, 2.45) is 0 Å². The molecule has 7 nitrogen and oxygen atoms in total. The third kappa shape index (κ3) is 5.60. The Balaban J connectivity index is 1.95. The van der Waals surface area contributed by atoms with Crippen molar-refractivity contribution in [3.05, 3.63) is 65.2 Å². The molecule has 1 atom stereocenters. The van der Waals surface area contributed by atoms with Crippen LogP contribution in [0.15, 0.2) is 54.1 Å². The molecule has 0 spiro atoms. The van der Waals surface area contributed by atoms with E-state index < -0.39 is 18.0 Å². The molecule has 0 aromatic heterocycles. The fraction of sp³-hybridized carbons (Fsp3) is 0.360. The van der Waals surface area contributed by atoms with Gasteiger partial charge in [0, 0.05) is 0 Å². The van der Waals surface area contributed by atoms with E-state index in [2.05, 4.69) is 17.6 Å². The van der Waals surface area contributed by atoms with E-state index in [-0.39, 0.29) is 6.61 Å². The Bertz CT molecular complexity index is 951. The van der Waals surface area contributed by atoms with Gasteiger partial charge in [0.25, 0.3) is 0 Å². The molecule has 0 bridgehead atoms. The minimum absolute atomic E-state index is 0.226. The summed E-state index contributed by atoms with van der Waals surface area (Å²) in [6, 6.07) is 13.5. The summed E-state index contributed by atoms with van der Waals surface area (Å²) < 4.78 is 16.3. The second-order valence-corrected chi connectivity index (χ2v) is 7.39. The number of hydrogen-bond acceptors (Lipinski definition) is 5. The summed E-state index contributed by atoms with van der Waals surface area (Å²) in [4.78, 5) is 25.4. The zero-order valence-corrected chi connectivity index (χ0v) is 18.8. The summed E-state index contributed by atoms with van der Waals surface area (Å²) >= 11 is 0. The molecule has 2 aromatic rings. The number of urea groups is 1. The first-order valence-electron chi connectivity index (χ1n) is 10.9. The fourth-order valence-corrected chi connectivity index (χ4v) is 3.53. The average Bonchev–Trinajstić information content (AvgIpc) is 2.82. The van der Waals surface area contributed by atoms with Gasteiger partial charge in [0.05, 0.1) is 37.6 Å². The minimum Gasteiger partial charge on any atom is -0.497 e. The maximum Gasteiger partial charge on any atom is 0.338 e. The number of unbranched alkanes of at least 4 members (excludes halogenated alkanes) is 2. The van der Waals surface area contributed by atoms with Gasteiger partial charge in [-0.3, -0.25) is 0 Å². The highest BCUT2D eigenvalue weighted by atomic mass is 16.5. The maximum absolute atomic E-state index is 12.9. The molecule has 2 aromatic carbocycles. The van der Waals surface area contributed by atoms with Gasteiger partial charge in [0.15, 0.2) is 0 Å². The lowest BCUT2D eigenvalue weighted by Crippen LogP contribution is -2.45. The molecule has 0 aliphatic carbocycles. The molecule has 7 heteroatoms. The van der Waals surface area contributed by atoms with Gasteiger partial charge in [-0.15, -0.1) is 0 Å². The van der Waals surface area contributed by atoms with Crippen LogP contribution >= 0.6 is 0 Å². The second kappa shape index (κ2) is 11.2. The molecule has 170 valence electrons. The number of amides is 2. The van der Waals surface area contributed by atoms with E-state index in [1.165, 1.54) is 0 Å². The van der Waals surface area contributed by atoms with Crippen LogP contribution in [-0.2, 0) is 9.53 Å². The third-order valence-corrected chi connectivity index (χ3v) is 5.18. The van der Waals surface area contributed by atoms with E-state index in [9.17, 15) is 9.59 Å². The van der Waals surface area contributed by atoms with Gasteiger partial charge >= 0.3 is 12.0 Å². The summed E-state index contributed by atoms with van der Waals surface area (Å²) in [6.07, 6.45) is 3.27. The van der Waals surface area contributed by atoms with Crippen molar-refractivity contribution >= 4 is 17.7 Å². The molecule has 2 N–H and O–H groups in total. The first-order valence-corrected chi connectivity index (χ1v) is 10.9. The number of methoxy groups -OCH3 is 1. The zero-order valence-electron chi connectivity index (χ0n) is 18.8. The predicted octanol–water partition coefficient (Wildman–Crippen LogP) is 4.59. The first-order chi connectivity index (χ1) is 15.6. The van der Waals surface area contributed by atoms with E-state index in [1.807, 2.05) is 24.3 Å². The second-order valence-electron chi connectivity index (χ2n) is 7.39. The lowest BCUT2D eigenvalue weighted by molar-refractivity contribution is -0.138. The number of ether oxygens (including phenoxy) is 3. The van der Waals surface area contributed by atoms with Gasteiger partial charge < -0.3 is 24.8 Å². The van der Waals surface area contributed by atoms with Crippen LogP contribution in [0.2, 0.25) is 0 Å². The lowest BCUT2D eigenvalue weighted by Gasteiger charge is -2.29. The fourth-order valence-electron chi connectivity index (χ4n) is 3.53. The van der Waals surface area contributed by atoms with Crippen molar-refractivity contribution in [1.82, 2.24) is 10.6 Å². The van der Waals surface area contributed by atoms with Crippen molar-refractivity contribution in [2.75, 3.05) is 20.3 Å². The Morgan fingerprint density at radius 3 is 2.28 bits per heavy atom. The summed E-state index contributed by atoms with van der Waals surface area (Å²) in [5, 5.41) is 5.62. The monoisotopic (exact) mass is 438 g/mol. The smallest absolute Gasteiger partial charge is 0.338 e. The maximum atomic E-state index is 12.9. The standard InChI is InChI=1S/C25H30N2O5/c1-4-6-7-16-32-20-14-10-18(11-15-20)23-21(24(28)31-5-2)22(26-25(29)27-23)17-8-12-19(30-3)13-9-17/h8-15,23H,4-7,16H2,1-3H3,(H2,26,27,29). The Kier molecular flexibility index (Phi) is 8.14. The molecule has 1 heterocycles. The largest absolute Gasteiger partial charge is 0.497 e. The van der Waals surface area contributed by atoms with Crippen molar-refractivity contribution in [1.29, 1.82) is 0 Å². The molecule has 0 saturated heterocycles. The molecule has 2 amide bonds. The highest BCUT2D eigenvalue weighted by Gasteiger charge is 2.34. The summed E-state index contributed by atoms with van der Waals surface area (Å²) in [7, 11) is 1.58. The molecule has 0 fully saturated rings. The normalized spacial score (nSPS) is 15.6. The Labute approximate surface area is 188 Å². The minimum atomic E-state index is -0.658. The first kappa shape index (κ1) is 23.2. The van der Waals surface area contributed by atoms with Gasteiger partial charge in [-0.25, -0.2) is 9.59 Å². The highest BCUT2D eigenvalue weighted by Crippen LogP contribution is 2.33. The summed E-state index contributed by atoms with van der Waals surface area (Å²) in [5.41, 5.74) is 2.20. The van der Waals surface area contributed by atoms with E-state index in [1.54, 1.807) is 38.3 Å². The molecular formula is C25H30N2O5. The molecule has 32 heavy (non-hydrogen) atoms. The number of rotatable bonds is 10. The van der Waals surface area contributed by atoms with Crippen LogP contribution in [0.25, 0.3) is 5.70 Å². The van der Waals surface area contributed by atoms with E-state index in [0.717, 1.165) is 30.6 Å². The Morgan fingerprint density at radius 1 is 0.969 bits per heavy atom.